The van der Waals surface area contributed by atoms with Crippen molar-refractivity contribution in [3.63, 3.8) is 0 Å². The molecule has 6 nitrogen and oxygen atoms in total. The van der Waals surface area contributed by atoms with E-state index >= 15 is 0 Å². The van der Waals surface area contributed by atoms with E-state index in [-0.39, 0.29) is 5.91 Å². The Bertz CT molecular complexity index is 703. The molecule has 0 bridgehead atoms. The molecule has 3 rings (SSSR count). The van der Waals surface area contributed by atoms with Gasteiger partial charge in [-0.2, -0.15) is 0 Å². The van der Waals surface area contributed by atoms with Crippen LogP contribution in [0.2, 0.25) is 0 Å². The monoisotopic (exact) mass is 341 g/mol. The summed E-state index contributed by atoms with van der Waals surface area (Å²) in [7, 11) is 3.10. The van der Waals surface area contributed by atoms with Crippen LogP contribution in [0.3, 0.4) is 0 Å². The predicted octanol–water partition coefficient (Wildman–Crippen LogP) is 3.71. The summed E-state index contributed by atoms with van der Waals surface area (Å²) in [6.07, 6.45) is 6.59. The number of carbonyl (C=O) groups is 1. The molecule has 25 heavy (non-hydrogen) atoms. The first-order chi connectivity index (χ1) is 12.2. The van der Waals surface area contributed by atoms with Gasteiger partial charge in [0.2, 0.25) is 0 Å². The molecule has 1 aliphatic carbocycles. The highest BCUT2D eigenvalue weighted by Gasteiger charge is 2.15. The van der Waals surface area contributed by atoms with Crippen LogP contribution in [-0.2, 0) is 0 Å². The Morgan fingerprint density at radius 1 is 1.08 bits per heavy atom. The number of rotatable bonds is 6. The van der Waals surface area contributed by atoms with Crippen LogP contribution in [0.4, 0.5) is 11.5 Å². The highest BCUT2D eigenvalue weighted by atomic mass is 16.5. The third-order valence-electron chi connectivity index (χ3n) is 4.34. The number of ether oxygens (including phenoxy) is 2. The minimum atomic E-state index is -0.240. The van der Waals surface area contributed by atoms with E-state index in [1.807, 2.05) is 12.1 Å². The zero-order valence-electron chi connectivity index (χ0n) is 14.5. The number of hydrogen-bond acceptors (Lipinski definition) is 5. The van der Waals surface area contributed by atoms with E-state index < -0.39 is 0 Å². The van der Waals surface area contributed by atoms with Crippen molar-refractivity contribution in [3.05, 3.63) is 42.1 Å². The molecule has 6 heteroatoms. The first-order valence-electron chi connectivity index (χ1n) is 8.45. The lowest BCUT2D eigenvalue weighted by molar-refractivity contribution is 0.102. The summed E-state index contributed by atoms with van der Waals surface area (Å²) < 4.78 is 10.4. The second-order valence-corrected chi connectivity index (χ2v) is 6.11. The van der Waals surface area contributed by atoms with E-state index in [2.05, 4.69) is 15.6 Å². The van der Waals surface area contributed by atoms with Gasteiger partial charge in [0.15, 0.2) is 0 Å². The van der Waals surface area contributed by atoms with Gasteiger partial charge in [-0.1, -0.05) is 12.8 Å². The van der Waals surface area contributed by atoms with Gasteiger partial charge < -0.3 is 20.1 Å². The summed E-state index contributed by atoms with van der Waals surface area (Å²) >= 11 is 0. The number of nitrogens with one attached hydrogen (secondary N) is 2. The molecule has 0 aliphatic heterocycles. The summed E-state index contributed by atoms with van der Waals surface area (Å²) in [5.41, 5.74) is 1.10. The van der Waals surface area contributed by atoms with Gasteiger partial charge >= 0.3 is 0 Å². The topological polar surface area (TPSA) is 72.5 Å². The highest BCUT2D eigenvalue weighted by Crippen LogP contribution is 2.24. The molecule has 1 aliphatic rings. The molecule has 2 N–H and O–H groups in total. The van der Waals surface area contributed by atoms with E-state index in [4.69, 9.17) is 9.47 Å². The number of nitrogens with zero attached hydrogens (tertiary/aromatic N) is 1. The molecule has 0 saturated heterocycles. The zero-order chi connectivity index (χ0) is 17.6. The number of amides is 1. The van der Waals surface area contributed by atoms with E-state index in [9.17, 15) is 4.79 Å². The summed E-state index contributed by atoms with van der Waals surface area (Å²) in [4.78, 5) is 16.8. The van der Waals surface area contributed by atoms with Crippen LogP contribution in [0, 0.1) is 0 Å². The van der Waals surface area contributed by atoms with Crippen LogP contribution in [0.1, 0.15) is 36.0 Å². The molecule has 0 radical (unpaired) electrons. The number of aromatic nitrogens is 1. The van der Waals surface area contributed by atoms with Crippen LogP contribution >= 0.6 is 0 Å². The van der Waals surface area contributed by atoms with Gasteiger partial charge in [0.25, 0.3) is 5.91 Å². The van der Waals surface area contributed by atoms with Crippen LogP contribution < -0.4 is 20.1 Å². The molecular weight excluding hydrogens is 318 g/mol. The number of pyridine rings is 1. The largest absolute Gasteiger partial charge is 0.497 e. The maximum atomic E-state index is 12.4. The third kappa shape index (κ3) is 4.41. The average Bonchev–Trinajstić information content (AvgIpc) is 3.15. The van der Waals surface area contributed by atoms with Crippen molar-refractivity contribution in [2.45, 2.75) is 31.7 Å². The molecule has 0 atom stereocenters. The fraction of sp³-hybridized carbons (Fsp3) is 0.368. The zero-order valence-corrected chi connectivity index (χ0v) is 14.5. The normalized spacial score (nSPS) is 14.2. The first-order valence-corrected chi connectivity index (χ1v) is 8.45. The van der Waals surface area contributed by atoms with Crippen LogP contribution in [0.5, 0.6) is 11.5 Å². The smallest absolute Gasteiger partial charge is 0.255 e. The molecule has 0 spiro atoms. The SMILES string of the molecule is COc1cc(OC)cc(C(=O)Nc2ccc(NC3CCCC3)nc2)c1. The van der Waals surface area contributed by atoms with Crippen molar-refractivity contribution in [1.82, 2.24) is 4.98 Å². The fourth-order valence-corrected chi connectivity index (χ4v) is 2.97. The number of methoxy groups -OCH3 is 2. The second kappa shape index (κ2) is 7.88. The van der Waals surface area contributed by atoms with E-state index in [0.29, 0.717) is 28.8 Å². The van der Waals surface area contributed by atoms with Crippen LogP contribution in [0.15, 0.2) is 36.5 Å². The Labute approximate surface area is 147 Å². The molecule has 132 valence electrons. The summed E-state index contributed by atoms with van der Waals surface area (Å²) in [5, 5.41) is 6.27. The van der Waals surface area contributed by atoms with Crippen molar-refractivity contribution >= 4 is 17.4 Å². The standard InChI is InChI=1S/C19H23N3O3/c1-24-16-9-13(10-17(11-16)25-2)19(23)22-15-7-8-18(20-12-15)21-14-5-3-4-6-14/h7-12,14H,3-6H2,1-2H3,(H,20,21)(H,22,23). The van der Waals surface area contributed by atoms with Crippen molar-refractivity contribution < 1.29 is 14.3 Å². The molecule has 1 fully saturated rings. The Hall–Kier alpha value is -2.76. The number of hydrogen-bond donors (Lipinski definition) is 2. The van der Waals surface area contributed by atoms with Crippen LogP contribution in [-0.4, -0.2) is 31.2 Å². The summed E-state index contributed by atoms with van der Waals surface area (Å²) in [6, 6.07) is 9.31. The summed E-state index contributed by atoms with van der Waals surface area (Å²) in [5.74, 6) is 1.74. The third-order valence-corrected chi connectivity index (χ3v) is 4.34. The van der Waals surface area contributed by atoms with Crippen molar-refractivity contribution in [3.8, 4) is 11.5 Å². The van der Waals surface area contributed by atoms with Gasteiger partial charge in [0, 0.05) is 17.7 Å². The fourth-order valence-electron chi connectivity index (χ4n) is 2.97. The Morgan fingerprint density at radius 3 is 2.32 bits per heavy atom. The number of benzene rings is 1. The lowest BCUT2D eigenvalue weighted by atomic mass is 10.2. The lowest BCUT2D eigenvalue weighted by Gasteiger charge is -2.13. The maximum absolute atomic E-state index is 12.4. The van der Waals surface area contributed by atoms with Crippen molar-refractivity contribution in [1.29, 1.82) is 0 Å². The molecule has 1 heterocycles. The number of anilines is 2. The highest BCUT2D eigenvalue weighted by molar-refractivity contribution is 6.04. The first kappa shape index (κ1) is 17.1. The van der Waals surface area contributed by atoms with Gasteiger partial charge in [-0.25, -0.2) is 4.98 Å². The Morgan fingerprint density at radius 2 is 1.76 bits per heavy atom. The van der Waals surface area contributed by atoms with Gasteiger partial charge in [0.05, 0.1) is 26.1 Å². The van der Waals surface area contributed by atoms with Crippen molar-refractivity contribution in [2.24, 2.45) is 0 Å². The quantitative estimate of drug-likeness (QED) is 0.838. The van der Waals surface area contributed by atoms with Gasteiger partial charge in [-0.15, -0.1) is 0 Å². The molecule has 2 aromatic rings. The van der Waals surface area contributed by atoms with Gasteiger partial charge in [0.1, 0.15) is 17.3 Å². The van der Waals surface area contributed by atoms with Crippen molar-refractivity contribution in [2.75, 3.05) is 24.9 Å². The molecule has 1 aromatic carbocycles. The van der Waals surface area contributed by atoms with E-state index in [0.717, 1.165) is 5.82 Å². The Balaban J connectivity index is 1.66. The molecule has 1 amide bonds. The molecule has 1 aromatic heterocycles. The van der Waals surface area contributed by atoms with E-state index in [1.165, 1.54) is 25.7 Å². The minimum absolute atomic E-state index is 0.240. The second-order valence-electron chi connectivity index (χ2n) is 6.11. The predicted molar refractivity (Wildman–Crippen MR) is 97.6 cm³/mol. The van der Waals surface area contributed by atoms with E-state index in [1.54, 1.807) is 38.6 Å². The number of carbonyl (C=O) groups excluding carboxylic acids is 1. The maximum Gasteiger partial charge on any atom is 0.255 e. The van der Waals surface area contributed by atoms with Gasteiger partial charge in [-0.3, -0.25) is 4.79 Å². The van der Waals surface area contributed by atoms with Crippen LogP contribution in [0.25, 0.3) is 0 Å². The Kier molecular flexibility index (Phi) is 5.38. The summed E-state index contributed by atoms with van der Waals surface area (Å²) in [6.45, 7) is 0. The average molecular weight is 341 g/mol. The molecule has 0 unspecified atom stereocenters. The lowest BCUT2D eigenvalue weighted by Crippen LogP contribution is -2.16. The molecule has 1 saturated carbocycles. The molecular formula is C19H23N3O3. The van der Waals surface area contributed by atoms with Gasteiger partial charge in [-0.05, 0) is 37.1 Å². The minimum Gasteiger partial charge on any atom is -0.497 e.